The summed E-state index contributed by atoms with van der Waals surface area (Å²) in [5.41, 5.74) is 6.40. The molecular formula is C46H49FN12O5S. The van der Waals surface area contributed by atoms with E-state index in [1.54, 1.807) is 29.3 Å². The van der Waals surface area contributed by atoms with Crippen LogP contribution in [0.5, 0.6) is 0 Å². The number of H-pyrrole nitrogens is 1. The van der Waals surface area contributed by atoms with Gasteiger partial charge in [-0.3, -0.25) is 28.9 Å². The van der Waals surface area contributed by atoms with Gasteiger partial charge >= 0.3 is 10.2 Å². The van der Waals surface area contributed by atoms with E-state index in [1.165, 1.54) is 14.7 Å². The van der Waals surface area contributed by atoms with Crippen molar-refractivity contribution in [2.75, 3.05) is 89.2 Å². The lowest BCUT2D eigenvalue weighted by Gasteiger charge is -2.46. The van der Waals surface area contributed by atoms with Crippen molar-refractivity contribution in [1.82, 2.24) is 35.0 Å². The molecule has 19 heteroatoms. The number of carbonyl (C=O) groups excluding carboxylic acids is 3. The third-order valence-corrected chi connectivity index (χ3v) is 16.3. The van der Waals surface area contributed by atoms with Crippen molar-refractivity contribution in [2.45, 2.75) is 50.7 Å². The van der Waals surface area contributed by atoms with E-state index in [1.807, 2.05) is 30.3 Å². The van der Waals surface area contributed by atoms with Crippen LogP contribution < -0.4 is 29.0 Å². The highest BCUT2D eigenvalue weighted by Crippen LogP contribution is 2.51. The van der Waals surface area contributed by atoms with E-state index in [2.05, 4.69) is 46.3 Å². The van der Waals surface area contributed by atoms with Crippen LogP contribution in [0.2, 0.25) is 0 Å². The van der Waals surface area contributed by atoms with Crippen LogP contribution in [-0.4, -0.2) is 133 Å². The molecule has 7 aliphatic rings. The van der Waals surface area contributed by atoms with Gasteiger partial charge in [0.25, 0.3) is 5.91 Å². The largest absolute Gasteiger partial charge is 0.371 e. The number of piperidine rings is 2. The third-order valence-electron chi connectivity index (χ3n) is 14.5. The first kappa shape index (κ1) is 40.2. The number of aromatic nitrogens is 3. The summed E-state index contributed by atoms with van der Waals surface area (Å²) in [5, 5.41) is 6.07. The Bertz CT molecular complexity index is 2890. The topological polar surface area (TPSA) is 174 Å². The number of rotatable bonds is 9. The molecule has 3 amide bonds. The molecule has 336 valence electrons. The smallest absolute Gasteiger partial charge is 0.332 e. The Morgan fingerprint density at radius 1 is 0.815 bits per heavy atom. The number of nitrogens with one attached hydrogen (secondary N) is 3. The first-order chi connectivity index (χ1) is 31.6. The normalized spacial score (nSPS) is 22.5. The van der Waals surface area contributed by atoms with Gasteiger partial charge in [0.15, 0.2) is 5.82 Å². The zero-order valence-corrected chi connectivity index (χ0v) is 36.6. The highest BCUT2D eigenvalue weighted by atomic mass is 32.2. The van der Waals surface area contributed by atoms with E-state index in [0.29, 0.717) is 77.2 Å². The van der Waals surface area contributed by atoms with Crippen LogP contribution >= 0.6 is 0 Å². The molecule has 4 saturated heterocycles. The van der Waals surface area contributed by atoms with Crippen molar-refractivity contribution >= 4 is 79.2 Å². The summed E-state index contributed by atoms with van der Waals surface area (Å²) in [7, 11) is -3.91. The van der Waals surface area contributed by atoms with Crippen LogP contribution in [0.15, 0.2) is 66.9 Å². The second kappa shape index (κ2) is 15.4. The summed E-state index contributed by atoms with van der Waals surface area (Å²) in [6.07, 6.45) is 4.89. The molecule has 3 N–H and O–H groups in total. The number of imide groups is 1. The van der Waals surface area contributed by atoms with Crippen LogP contribution in [0.4, 0.5) is 44.6 Å². The molecule has 1 unspecified atom stereocenters. The number of fused-ring (bicyclic) bond motifs is 2. The number of aromatic amines is 1. The standard InChI is InChI=1S/C46H49FN12O5S/c47-36-23-31(49-46-51-42-35(10-14-48-42)43(52-46)59-38-3-1-2-29-11-17-58(41(29)38)65(59,63)64)4-7-37(36)55-15-12-32(13-16-55)54-20-18-53(19-21-54)24-28-25-56(26-28)33-5-6-34-30(22-33)27-57(45(34)62)39-8-9-40(60)50-44(39)61/h1-7,10,14,22-23,28,32,39H,8-9,11-13,15-21,24-27H2,(H,50,60,61)(H2,48,49,51,52). The van der Waals surface area contributed by atoms with E-state index >= 15 is 4.39 Å². The van der Waals surface area contributed by atoms with E-state index in [4.69, 9.17) is 4.98 Å². The third kappa shape index (κ3) is 6.84. The molecule has 2 aromatic heterocycles. The fourth-order valence-corrected chi connectivity index (χ4v) is 12.9. The number of hydrogen-bond donors (Lipinski definition) is 3. The van der Waals surface area contributed by atoms with Crippen LogP contribution in [0, 0.1) is 11.7 Å². The highest BCUT2D eigenvalue weighted by molar-refractivity contribution is 7.95. The summed E-state index contributed by atoms with van der Waals surface area (Å²) in [5.74, 6) is -0.213. The molecule has 9 heterocycles. The maximum absolute atomic E-state index is 15.9. The van der Waals surface area contributed by atoms with Crippen molar-refractivity contribution in [3.8, 4) is 0 Å². The summed E-state index contributed by atoms with van der Waals surface area (Å²) in [6.45, 7) is 9.37. The van der Waals surface area contributed by atoms with Gasteiger partial charge in [0, 0.05) is 114 Å². The first-order valence-corrected chi connectivity index (χ1v) is 24.1. The molecule has 3 aromatic carbocycles. The number of amides is 3. The molecule has 0 saturated carbocycles. The van der Waals surface area contributed by atoms with Crippen molar-refractivity contribution in [1.29, 1.82) is 0 Å². The predicted octanol–water partition coefficient (Wildman–Crippen LogP) is 4.08. The molecule has 0 spiro atoms. The lowest BCUT2D eigenvalue weighted by molar-refractivity contribution is -0.136. The quantitative estimate of drug-likeness (QED) is 0.181. The first-order valence-electron chi connectivity index (χ1n) is 22.7. The molecular weight excluding hydrogens is 852 g/mol. The Kier molecular flexibility index (Phi) is 9.53. The maximum Gasteiger partial charge on any atom is 0.332 e. The Hall–Kier alpha value is -6.31. The van der Waals surface area contributed by atoms with E-state index < -0.39 is 22.2 Å². The molecule has 5 aromatic rings. The van der Waals surface area contributed by atoms with E-state index in [9.17, 15) is 22.8 Å². The van der Waals surface area contributed by atoms with Crippen molar-refractivity contribution < 1.29 is 27.2 Å². The van der Waals surface area contributed by atoms with Crippen molar-refractivity contribution in [3.05, 3.63) is 89.4 Å². The zero-order chi connectivity index (χ0) is 44.1. The Morgan fingerprint density at radius 3 is 2.45 bits per heavy atom. The van der Waals surface area contributed by atoms with Gasteiger partial charge < -0.3 is 29.9 Å². The fraction of sp³-hybridized carbons (Fsp3) is 0.413. The average Bonchev–Trinajstić information content (AvgIpc) is 4.07. The summed E-state index contributed by atoms with van der Waals surface area (Å²) in [4.78, 5) is 60.9. The van der Waals surface area contributed by atoms with E-state index in [-0.39, 0.29) is 35.8 Å². The molecule has 0 bridgehead atoms. The number of benzene rings is 3. The molecule has 7 aliphatic heterocycles. The van der Waals surface area contributed by atoms with Crippen LogP contribution in [0.1, 0.15) is 47.2 Å². The number of piperazine rings is 1. The minimum absolute atomic E-state index is 0.145. The van der Waals surface area contributed by atoms with Gasteiger partial charge in [-0.2, -0.15) is 18.4 Å². The average molecular weight is 901 g/mol. The Balaban J connectivity index is 0.623. The molecule has 4 fully saturated rings. The van der Waals surface area contributed by atoms with Gasteiger partial charge in [-0.05, 0) is 85.3 Å². The molecule has 65 heavy (non-hydrogen) atoms. The van der Waals surface area contributed by atoms with Crippen molar-refractivity contribution in [3.63, 3.8) is 0 Å². The number of hydrogen-bond acceptors (Lipinski definition) is 12. The molecule has 17 nitrogen and oxygen atoms in total. The van der Waals surface area contributed by atoms with Gasteiger partial charge in [-0.25, -0.2) is 8.70 Å². The zero-order valence-electron chi connectivity index (χ0n) is 35.7. The summed E-state index contributed by atoms with van der Waals surface area (Å²) < 4.78 is 46.3. The maximum atomic E-state index is 15.9. The predicted molar refractivity (Wildman–Crippen MR) is 244 cm³/mol. The molecule has 0 aliphatic carbocycles. The van der Waals surface area contributed by atoms with Gasteiger partial charge in [-0.1, -0.05) is 12.1 Å². The van der Waals surface area contributed by atoms with Crippen molar-refractivity contribution in [2.24, 2.45) is 5.92 Å². The minimum Gasteiger partial charge on any atom is -0.371 e. The SMILES string of the molecule is O=C1CCC(N2Cc3cc(N4CC(CN5CCN(C6CCN(c7ccc(Nc8nc(N9c%10cccc%11c%10N(CC%11)S9(=O)=O)c9cc[nH]c9n8)cc7F)CC6)CC5)C4)ccc3C2=O)C(=O)N1. The van der Waals surface area contributed by atoms with Crippen LogP contribution in [-0.2, 0) is 32.8 Å². The molecule has 12 rings (SSSR count). The second-order valence-corrected chi connectivity index (χ2v) is 20.0. The number of carbonyl (C=O) groups is 3. The number of halogens is 1. The van der Waals surface area contributed by atoms with Crippen LogP contribution in [0.25, 0.3) is 11.0 Å². The Morgan fingerprint density at radius 2 is 1.65 bits per heavy atom. The monoisotopic (exact) mass is 900 g/mol. The highest BCUT2D eigenvalue weighted by Gasteiger charge is 2.47. The minimum atomic E-state index is -3.91. The molecule has 0 radical (unpaired) electrons. The Labute approximate surface area is 375 Å². The van der Waals surface area contributed by atoms with Crippen LogP contribution in [0.3, 0.4) is 0 Å². The fourth-order valence-electron chi connectivity index (χ4n) is 11.1. The number of nitrogens with zero attached hydrogens (tertiary/aromatic N) is 9. The lowest BCUT2D eigenvalue weighted by atomic mass is 9.96. The van der Waals surface area contributed by atoms with E-state index in [0.717, 1.165) is 88.6 Å². The number of anilines is 7. The molecule has 1 atom stereocenters. The van der Waals surface area contributed by atoms with Gasteiger partial charge in [-0.15, -0.1) is 0 Å². The second-order valence-electron chi connectivity index (χ2n) is 18.3. The van der Waals surface area contributed by atoms with Gasteiger partial charge in [0.1, 0.15) is 17.5 Å². The van der Waals surface area contributed by atoms with Gasteiger partial charge in [0.05, 0.1) is 22.4 Å². The lowest BCUT2D eigenvalue weighted by Crippen LogP contribution is -2.57. The summed E-state index contributed by atoms with van der Waals surface area (Å²) in [6, 6.07) is 18.3. The summed E-state index contributed by atoms with van der Waals surface area (Å²) >= 11 is 0. The number of para-hydroxylation sites is 1. The van der Waals surface area contributed by atoms with Gasteiger partial charge in [0.2, 0.25) is 17.8 Å².